The van der Waals surface area contributed by atoms with Gasteiger partial charge in [0.15, 0.2) is 0 Å². The van der Waals surface area contributed by atoms with Gasteiger partial charge in [-0.25, -0.2) is 9.18 Å². The fourth-order valence-electron chi connectivity index (χ4n) is 3.96. The molecule has 0 atom stereocenters. The molecule has 0 unspecified atom stereocenters. The van der Waals surface area contributed by atoms with Gasteiger partial charge in [0.25, 0.3) is 0 Å². The Morgan fingerprint density at radius 3 is 2.11 bits per heavy atom. The first kappa shape index (κ1) is 27.0. The molecular formula is C27H36FN5O3. The maximum Gasteiger partial charge on any atom is 0.317 e. The molecule has 1 saturated heterocycles. The smallest absolute Gasteiger partial charge is 0.317 e. The maximum atomic E-state index is 13.2. The summed E-state index contributed by atoms with van der Waals surface area (Å²) >= 11 is 0. The summed E-state index contributed by atoms with van der Waals surface area (Å²) in [7, 11) is 0. The lowest BCUT2D eigenvalue weighted by Crippen LogP contribution is -2.55. The molecule has 2 N–H and O–H groups in total. The molecule has 2 aromatic carbocycles. The van der Waals surface area contributed by atoms with Crippen LogP contribution in [-0.4, -0.2) is 65.9 Å². The van der Waals surface area contributed by atoms with Crippen molar-refractivity contribution in [2.45, 2.75) is 46.2 Å². The lowest BCUT2D eigenvalue weighted by atomic mass is 10.1. The Morgan fingerprint density at radius 2 is 1.56 bits per heavy atom. The predicted molar refractivity (Wildman–Crippen MR) is 139 cm³/mol. The minimum Gasteiger partial charge on any atom is -0.368 e. The van der Waals surface area contributed by atoms with Gasteiger partial charge in [0, 0.05) is 56.1 Å². The third-order valence-corrected chi connectivity index (χ3v) is 5.84. The highest BCUT2D eigenvalue weighted by molar-refractivity contribution is 5.94. The molecular weight excluding hydrogens is 461 g/mol. The molecule has 1 aliphatic heterocycles. The molecule has 2 aromatic rings. The average molecular weight is 498 g/mol. The number of anilines is 2. The van der Waals surface area contributed by atoms with Gasteiger partial charge in [-0.2, -0.15) is 0 Å². The largest absolute Gasteiger partial charge is 0.368 e. The van der Waals surface area contributed by atoms with Crippen molar-refractivity contribution in [3.05, 3.63) is 59.9 Å². The summed E-state index contributed by atoms with van der Waals surface area (Å²) in [5.41, 5.74) is 2.14. The van der Waals surface area contributed by atoms with Crippen LogP contribution in [0.1, 0.15) is 39.7 Å². The Kier molecular flexibility index (Phi) is 8.90. The molecule has 1 heterocycles. The van der Waals surface area contributed by atoms with Crippen molar-refractivity contribution in [1.82, 2.24) is 15.1 Å². The SMILES string of the molecule is CCC(=O)N(CC(=O)Nc1ccc(N2CCN(C(=O)NC(C)(C)C)CC2)cc1)Cc1ccc(F)cc1. The quantitative estimate of drug-likeness (QED) is 0.609. The standard InChI is InChI=1S/C27H36FN5O3/c1-5-25(35)33(18-20-6-8-21(28)9-7-20)19-24(34)29-22-10-12-23(13-11-22)31-14-16-32(17-15-31)26(36)30-27(2,3)4/h6-13H,5,14-19H2,1-4H3,(H,29,34)(H,30,36). The van der Waals surface area contributed by atoms with E-state index in [1.807, 2.05) is 49.9 Å². The topological polar surface area (TPSA) is 85.0 Å². The van der Waals surface area contributed by atoms with Gasteiger partial charge >= 0.3 is 6.03 Å². The Labute approximate surface area is 212 Å². The third-order valence-electron chi connectivity index (χ3n) is 5.84. The van der Waals surface area contributed by atoms with Crippen LogP contribution in [-0.2, 0) is 16.1 Å². The summed E-state index contributed by atoms with van der Waals surface area (Å²) in [6, 6.07) is 13.4. The molecule has 0 radical (unpaired) electrons. The lowest BCUT2D eigenvalue weighted by Gasteiger charge is -2.37. The molecule has 8 nitrogen and oxygen atoms in total. The van der Waals surface area contributed by atoms with Crippen LogP contribution >= 0.6 is 0 Å². The Morgan fingerprint density at radius 1 is 0.944 bits per heavy atom. The molecule has 0 saturated carbocycles. The van der Waals surface area contributed by atoms with Crippen LogP contribution in [0, 0.1) is 5.82 Å². The lowest BCUT2D eigenvalue weighted by molar-refractivity contribution is -0.135. The van der Waals surface area contributed by atoms with Gasteiger partial charge in [-0.15, -0.1) is 0 Å². The number of hydrogen-bond acceptors (Lipinski definition) is 4. The summed E-state index contributed by atoms with van der Waals surface area (Å²) in [5, 5.41) is 5.85. The van der Waals surface area contributed by atoms with E-state index in [0.717, 1.165) is 24.3 Å². The normalized spacial score (nSPS) is 13.8. The van der Waals surface area contributed by atoms with Gasteiger partial charge in [0.05, 0.1) is 0 Å². The highest BCUT2D eigenvalue weighted by Gasteiger charge is 2.24. The molecule has 0 aliphatic carbocycles. The van der Waals surface area contributed by atoms with Crippen molar-refractivity contribution in [3.63, 3.8) is 0 Å². The van der Waals surface area contributed by atoms with Gasteiger partial charge in [-0.1, -0.05) is 19.1 Å². The van der Waals surface area contributed by atoms with E-state index in [2.05, 4.69) is 15.5 Å². The number of hydrogen-bond donors (Lipinski definition) is 2. The molecule has 0 bridgehead atoms. The van der Waals surface area contributed by atoms with Gasteiger partial charge < -0.3 is 25.3 Å². The van der Waals surface area contributed by atoms with Crippen LogP contribution in [0.15, 0.2) is 48.5 Å². The number of rotatable bonds is 7. The predicted octanol–water partition coefficient (Wildman–Crippen LogP) is 3.83. The molecule has 4 amide bonds. The fraction of sp³-hybridized carbons (Fsp3) is 0.444. The van der Waals surface area contributed by atoms with Crippen molar-refractivity contribution in [2.24, 2.45) is 0 Å². The summed E-state index contributed by atoms with van der Waals surface area (Å²) in [5.74, 6) is -0.800. The number of amides is 4. The van der Waals surface area contributed by atoms with Crippen LogP contribution in [0.4, 0.5) is 20.6 Å². The Bertz CT molecular complexity index is 1040. The van der Waals surface area contributed by atoms with Crippen LogP contribution in [0.3, 0.4) is 0 Å². The number of urea groups is 1. The first-order valence-corrected chi connectivity index (χ1v) is 12.3. The third kappa shape index (κ3) is 7.96. The van der Waals surface area contributed by atoms with E-state index in [4.69, 9.17) is 0 Å². The van der Waals surface area contributed by atoms with E-state index in [1.165, 1.54) is 17.0 Å². The van der Waals surface area contributed by atoms with Crippen molar-refractivity contribution in [2.75, 3.05) is 42.9 Å². The molecule has 1 fully saturated rings. The summed E-state index contributed by atoms with van der Waals surface area (Å²) in [6.07, 6.45) is 0.272. The average Bonchev–Trinajstić information content (AvgIpc) is 2.84. The molecule has 0 aromatic heterocycles. The van der Waals surface area contributed by atoms with Crippen LogP contribution in [0.2, 0.25) is 0 Å². The number of nitrogens with zero attached hydrogens (tertiary/aromatic N) is 3. The van der Waals surface area contributed by atoms with E-state index in [0.29, 0.717) is 18.8 Å². The minimum absolute atomic E-state index is 0.0461. The summed E-state index contributed by atoms with van der Waals surface area (Å²) in [4.78, 5) is 42.9. The van der Waals surface area contributed by atoms with E-state index in [1.54, 1.807) is 19.1 Å². The molecule has 194 valence electrons. The van der Waals surface area contributed by atoms with E-state index >= 15 is 0 Å². The van der Waals surface area contributed by atoms with Gasteiger partial charge in [0.1, 0.15) is 12.4 Å². The van der Waals surface area contributed by atoms with E-state index < -0.39 is 0 Å². The highest BCUT2D eigenvalue weighted by Crippen LogP contribution is 2.20. The maximum absolute atomic E-state index is 13.2. The monoisotopic (exact) mass is 497 g/mol. The van der Waals surface area contributed by atoms with Crippen molar-refractivity contribution >= 4 is 29.2 Å². The fourth-order valence-corrected chi connectivity index (χ4v) is 3.96. The van der Waals surface area contributed by atoms with Crippen molar-refractivity contribution in [3.8, 4) is 0 Å². The van der Waals surface area contributed by atoms with E-state index in [9.17, 15) is 18.8 Å². The summed E-state index contributed by atoms with van der Waals surface area (Å²) < 4.78 is 13.2. The number of carbonyl (C=O) groups is 3. The van der Waals surface area contributed by atoms with Gasteiger partial charge in [-0.3, -0.25) is 9.59 Å². The Balaban J connectivity index is 1.52. The second kappa shape index (κ2) is 11.9. The van der Waals surface area contributed by atoms with Gasteiger partial charge in [-0.05, 0) is 62.7 Å². The second-order valence-electron chi connectivity index (χ2n) is 9.98. The van der Waals surface area contributed by atoms with Crippen LogP contribution in [0.25, 0.3) is 0 Å². The first-order chi connectivity index (χ1) is 17.0. The zero-order valence-electron chi connectivity index (χ0n) is 21.5. The molecule has 1 aliphatic rings. The number of benzene rings is 2. The zero-order chi connectivity index (χ0) is 26.3. The minimum atomic E-state index is -0.346. The number of carbonyl (C=O) groups excluding carboxylic acids is 3. The Hall–Kier alpha value is -3.62. The zero-order valence-corrected chi connectivity index (χ0v) is 21.5. The number of halogens is 1. The first-order valence-electron chi connectivity index (χ1n) is 12.3. The number of piperazine rings is 1. The molecule has 36 heavy (non-hydrogen) atoms. The van der Waals surface area contributed by atoms with Crippen molar-refractivity contribution < 1.29 is 18.8 Å². The van der Waals surface area contributed by atoms with Crippen molar-refractivity contribution in [1.29, 1.82) is 0 Å². The van der Waals surface area contributed by atoms with Crippen LogP contribution < -0.4 is 15.5 Å². The highest BCUT2D eigenvalue weighted by atomic mass is 19.1. The molecule has 3 rings (SSSR count). The molecule has 0 spiro atoms. The number of nitrogens with one attached hydrogen (secondary N) is 2. The second-order valence-corrected chi connectivity index (χ2v) is 9.98. The van der Waals surface area contributed by atoms with E-state index in [-0.39, 0.29) is 48.7 Å². The molecule has 9 heteroatoms. The summed E-state index contributed by atoms with van der Waals surface area (Å²) in [6.45, 7) is 10.5. The van der Waals surface area contributed by atoms with Gasteiger partial charge in [0.2, 0.25) is 11.8 Å². The van der Waals surface area contributed by atoms with Crippen LogP contribution in [0.5, 0.6) is 0 Å².